The van der Waals surface area contributed by atoms with E-state index in [1.165, 1.54) is 5.56 Å². The number of hydrogen-bond donors (Lipinski definition) is 2. The van der Waals surface area contributed by atoms with Gasteiger partial charge in [0.15, 0.2) is 0 Å². The van der Waals surface area contributed by atoms with Gasteiger partial charge in [0.25, 0.3) is 0 Å². The molecule has 1 unspecified atom stereocenters. The van der Waals surface area contributed by atoms with Crippen molar-refractivity contribution in [3.63, 3.8) is 0 Å². The Kier molecular flexibility index (Phi) is 6.97. The number of carbonyl (C=O) groups excluding carboxylic acids is 1. The maximum atomic E-state index is 11.5. The molecule has 0 saturated heterocycles. The van der Waals surface area contributed by atoms with Crippen molar-refractivity contribution in [1.82, 2.24) is 5.32 Å². The fraction of sp³-hybridized carbons (Fsp3) is 0.533. The van der Waals surface area contributed by atoms with Gasteiger partial charge >= 0.3 is 0 Å². The van der Waals surface area contributed by atoms with Crippen LogP contribution in [-0.2, 0) is 4.79 Å². The second kappa shape index (κ2) is 8.53. The smallest absolute Gasteiger partial charge is 0.223 e. The Morgan fingerprint density at radius 3 is 2.68 bits per heavy atom. The Hall–Kier alpha value is -1.55. The summed E-state index contributed by atoms with van der Waals surface area (Å²) in [6.07, 6.45) is 1.06. The number of aliphatic hydroxyl groups excluding tert-OH is 1. The van der Waals surface area contributed by atoms with Crippen LogP contribution in [0.3, 0.4) is 0 Å². The van der Waals surface area contributed by atoms with Crippen LogP contribution in [0.1, 0.15) is 25.3 Å². The number of benzene rings is 1. The van der Waals surface area contributed by atoms with Crippen LogP contribution in [0.2, 0.25) is 0 Å². The van der Waals surface area contributed by atoms with Crippen molar-refractivity contribution in [2.24, 2.45) is 5.92 Å². The average molecular weight is 265 g/mol. The van der Waals surface area contributed by atoms with Gasteiger partial charge in [-0.05, 0) is 31.4 Å². The molecule has 106 valence electrons. The topological polar surface area (TPSA) is 58.6 Å². The lowest BCUT2D eigenvalue weighted by Crippen LogP contribution is -2.29. The van der Waals surface area contributed by atoms with Crippen LogP contribution in [0.15, 0.2) is 24.3 Å². The molecule has 0 aliphatic heterocycles. The molecule has 2 N–H and O–H groups in total. The van der Waals surface area contributed by atoms with Gasteiger partial charge in [-0.3, -0.25) is 4.79 Å². The van der Waals surface area contributed by atoms with Gasteiger partial charge in [0.2, 0.25) is 5.91 Å². The number of hydrogen-bond acceptors (Lipinski definition) is 3. The summed E-state index contributed by atoms with van der Waals surface area (Å²) >= 11 is 0. The lowest BCUT2D eigenvalue weighted by atomic mass is 10.1. The van der Waals surface area contributed by atoms with Crippen molar-refractivity contribution in [3.05, 3.63) is 29.8 Å². The van der Waals surface area contributed by atoms with Gasteiger partial charge in [0.05, 0.1) is 13.0 Å². The normalized spacial score (nSPS) is 11.9. The molecule has 1 amide bonds. The summed E-state index contributed by atoms with van der Waals surface area (Å²) in [5, 5.41) is 11.6. The van der Waals surface area contributed by atoms with E-state index in [0.29, 0.717) is 31.9 Å². The van der Waals surface area contributed by atoms with Crippen molar-refractivity contribution < 1.29 is 14.6 Å². The lowest BCUT2D eigenvalue weighted by molar-refractivity contribution is -0.121. The predicted octanol–water partition coefficient (Wildman–Crippen LogP) is 1.90. The molecule has 0 heterocycles. The molecule has 1 rings (SSSR count). The minimum absolute atomic E-state index is 0.0168. The Balaban J connectivity index is 2.15. The van der Waals surface area contributed by atoms with E-state index in [-0.39, 0.29) is 12.5 Å². The molecule has 4 nitrogen and oxygen atoms in total. The van der Waals surface area contributed by atoms with Crippen molar-refractivity contribution >= 4 is 5.91 Å². The van der Waals surface area contributed by atoms with Crippen LogP contribution in [0.25, 0.3) is 0 Å². The van der Waals surface area contributed by atoms with Crippen LogP contribution >= 0.6 is 0 Å². The molecular formula is C15H23NO3. The largest absolute Gasteiger partial charge is 0.493 e. The fourth-order valence-corrected chi connectivity index (χ4v) is 1.59. The van der Waals surface area contributed by atoms with E-state index in [9.17, 15) is 4.79 Å². The van der Waals surface area contributed by atoms with Crippen LogP contribution in [0.5, 0.6) is 5.75 Å². The molecule has 1 aromatic rings. The predicted molar refractivity (Wildman–Crippen MR) is 75.2 cm³/mol. The van der Waals surface area contributed by atoms with Gasteiger partial charge in [-0.25, -0.2) is 0 Å². The number of aliphatic hydroxyl groups is 1. The molecule has 0 radical (unpaired) electrons. The Morgan fingerprint density at radius 1 is 1.37 bits per heavy atom. The summed E-state index contributed by atoms with van der Waals surface area (Å²) in [4.78, 5) is 11.5. The molecule has 1 atom stereocenters. The highest BCUT2D eigenvalue weighted by Gasteiger charge is 2.05. The van der Waals surface area contributed by atoms with Gasteiger partial charge in [-0.1, -0.05) is 24.6 Å². The van der Waals surface area contributed by atoms with Crippen LogP contribution in [-0.4, -0.2) is 30.8 Å². The van der Waals surface area contributed by atoms with E-state index in [1.54, 1.807) is 0 Å². The van der Waals surface area contributed by atoms with E-state index in [2.05, 4.69) is 5.32 Å². The molecule has 0 saturated carbocycles. The molecule has 0 spiro atoms. The third-order valence-electron chi connectivity index (χ3n) is 2.89. The third kappa shape index (κ3) is 6.82. The van der Waals surface area contributed by atoms with E-state index in [1.807, 2.05) is 38.1 Å². The highest BCUT2D eigenvalue weighted by Crippen LogP contribution is 2.11. The molecule has 0 aromatic heterocycles. The Bertz CT molecular complexity index is 375. The molecular weight excluding hydrogens is 242 g/mol. The van der Waals surface area contributed by atoms with Crippen molar-refractivity contribution in [1.29, 1.82) is 0 Å². The van der Waals surface area contributed by atoms with Gasteiger partial charge in [0, 0.05) is 13.2 Å². The summed E-state index contributed by atoms with van der Waals surface area (Å²) < 4.78 is 5.49. The number of nitrogens with one attached hydrogen (secondary N) is 1. The number of ether oxygens (including phenoxy) is 1. The summed E-state index contributed by atoms with van der Waals surface area (Å²) in [5.41, 5.74) is 1.18. The van der Waals surface area contributed by atoms with Gasteiger partial charge in [-0.2, -0.15) is 0 Å². The molecule has 0 aliphatic carbocycles. The van der Waals surface area contributed by atoms with E-state index in [4.69, 9.17) is 9.84 Å². The summed E-state index contributed by atoms with van der Waals surface area (Å²) in [7, 11) is 0. The van der Waals surface area contributed by atoms with Gasteiger partial charge in [0.1, 0.15) is 5.75 Å². The van der Waals surface area contributed by atoms with E-state index < -0.39 is 0 Å². The number of rotatable bonds is 8. The summed E-state index contributed by atoms with van der Waals surface area (Å²) in [6, 6.07) is 7.76. The average Bonchev–Trinajstić information content (AvgIpc) is 2.39. The highest BCUT2D eigenvalue weighted by molar-refractivity contribution is 5.75. The van der Waals surface area contributed by atoms with E-state index in [0.717, 1.165) is 5.75 Å². The molecule has 19 heavy (non-hydrogen) atoms. The Labute approximate surface area is 114 Å². The van der Waals surface area contributed by atoms with Crippen LogP contribution in [0, 0.1) is 12.8 Å². The summed E-state index contributed by atoms with van der Waals surface area (Å²) in [6.45, 7) is 5.16. The van der Waals surface area contributed by atoms with Crippen LogP contribution < -0.4 is 10.1 Å². The number of amides is 1. The standard InChI is InChI=1S/C15H23NO3/c1-12-3-5-14(6-4-12)19-10-8-15(18)16-11-13(2)7-9-17/h3-6,13,17H,7-11H2,1-2H3,(H,16,18). The van der Waals surface area contributed by atoms with Crippen molar-refractivity contribution in [2.75, 3.05) is 19.8 Å². The maximum absolute atomic E-state index is 11.5. The first-order valence-corrected chi connectivity index (χ1v) is 6.69. The molecule has 0 aliphatic rings. The van der Waals surface area contributed by atoms with Crippen molar-refractivity contribution in [2.45, 2.75) is 26.7 Å². The molecule has 4 heteroatoms. The zero-order valence-corrected chi connectivity index (χ0v) is 11.7. The number of carbonyl (C=O) groups is 1. The first kappa shape index (κ1) is 15.5. The first-order valence-electron chi connectivity index (χ1n) is 6.69. The maximum Gasteiger partial charge on any atom is 0.223 e. The van der Waals surface area contributed by atoms with Gasteiger partial charge < -0.3 is 15.2 Å². The van der Waals surface area contributed by atoms with Crippen LogP contribution in [0.4, 0.5) is 0 Å². The molecule has 0 bridgehead atoms. The first-order chi connectivity index (χ1) is 9.11. The lowest BCUT2D eigenvalue weighted by Gasteiger charge is -2.11. The quantitative estimate of drug-likeness (QED) is 0.754. The van der Waals surface area contributed by atoms with Crippen molar-refractivity contribution in [3.8, 4) is 5.75 Å². The minimum atomic E-state index is -0.0168. The molecule has 1 aromatic carbocycles. The zero-order chi connectivity index (χ0) is 14.1. The number of aryl methyl sites for hydroxylation is 1. The summed E-state index contributed by atoms with van der Waals surface area (Å²) in [5.74, 6) is 1.07. The minimum Gasteiger partial charge on any atom is -0.493 e. The monoisotopic (exact) mass is 265 g/mol. The SMILES string of the molecule is Cc1ccc(OCCC(=O)NCC(C)CCO)cc1. The third-order valence-corrected chi connectivity index (χ3v) is 2.89. The Morgan fingerprint density at radius 2 is 2.05 bits per heavy atom. The second-order valence-electron chi connectivity index (χ2n) is 4.83. The second-order valence-corrected chi connectivity index (χ2v) is 4.83. The highest BCUT2D eigenvalue weighted by atomic mass is 16.5. The molecule has 0 fully saturated rings. The fourth-order valence-electron chi connectivity index (χ4n) is 1.59. The zero-order valence-electron chi connectivity index (χ0n) is 11.7. The van der Waals surface area contributed by atoms with E-state index >= 15 is 0 Å². The van der Waals surface area contributed by atoms with Gasteiger partial charge in [-0.15, -0.1) is 0 Å².